The molecule has 0 aliphatic carbocycles. The van der Waals surface area contributed by atoms with E-state index < -0.39 is 0 Å². The summed E-state index contributed by atoms with van der Waals surface area (Å²) in [5.74, 6) is 0.994. The van der Waals surface area contributed by atoms with Gasteiger partial charge in [0.15, 0.2) is 11.4 Å². The SMILES string of the molecule is C=Nc1ccc(Nc2cc(=O)n3cccc(OC)c3n2)cc1C.CC.CC. The first-order valence-corrected chi connectivity index (χ1v) is 9.03. The maximum atomic E-state index is 12.2. The van der Waals surface area contributed by atoms with Crippen LogP contribution in [0.2, 0.25) is 0 Å². The largest absolute Gasteiger partial charge is 0.493 e. The van der Waals surface area contributed by atoms with Gasteiger partial charge in [-0.05, 0) is 49.5 Å². The number of aliphatic imine (C=N–C) groups is 1. The van der Waals surface area contributed by atoms with E-state index >= 15 is 0 Å². The van der Waals surface area contributed by atoms with Crippen molar-refractivity contribution in [2.45, 2.75) is 34.6 Å². The van der Waals surface area contributed by atoms with Crippen LogP contribution < -0.4 is 15.6 Å². The Morgan fingerprint density at radius 2 is 1.85 bits per heavy atom. The highest BCUT2D eigenvalue weighted by Gasteiger charge is 2.08. The second kappa shape index (κ2) is 10.8. The zero-order valence-electron chi connectivity index (χ0n) is 16.9. The average molecular weight is 368 g/mol. The van der Waals surface area contributed by atoms with E-state index in [1.807, 2.05) is 52.8 Å². The molecule has 144 valence electrons. The lowest BCUT2D eigenvalue weighted by Crippen LogP contribution is -2.15. The third kappa shape index (κ3) is 5.17. The van der Waals surface area contributed by atoms with Crippen LogP contribution in [0, 0.1) is 6.92 Å². The van der Waals surface area contributed by atoms with Crippen molar-refractivity contribution in [3.63, 3.8) is 0 Å². The molecule has 3 aromatic rings. The fraction of sp³-hybridized carbons (Fsp3) is 0.286. The fourth-order valence-electron chi connectivity index (χ4n) is 2.38. The molecule has 0 amide bonds. The Bertz CT molecular complexity index is 949. The summed E-state index contributed by atoms with van der Waals surface area (Å²) in [6.45, 7) is 13.5. The Morgan fingerprint density at radius 3 is 2.44 bits per heavy atom. The predicted octanol–water partition coefficient (Wildman–Crippen LogP) is 5.14. The van der Waals surface area contributed by atoms with Gasteiger partial charge in [-0.25, -0.2) is 4.98 Å². The minimum absolute atomic E-state index is 0.183. The molecule has 0 aliphatic heterocycles. The van der Waals surface area contributed by atoms with Crippen molar-refractivity contribution in [3.8, 4) is 5.75 Å². The number of aryl methyl sites for hydroxylation is 1. The first-order chi connectivity index (χ1) is 13.1. The first kappa shape index (κ1) is 21.9. The number of aromatic nitrogens is 2. The Labute approximate surface area is 160 Å². The standard InChI is InChI=1S/C17H16N4O2.2C2H6/c1-11-9-12(6-7-13(11)18-2)19-15-10-16(22)21-8-4-5-14(23-3)17(21)20-15;2*1-2/h4-10,19H,2H2,1,3H3;2*1-2H3. The summed E-state index contributed by atoms with van der Waals surface area (Å²) in [4.78, 5) is 20.6. The molecule has 0 bridgehead atoms. The maximum absolute atomic E-state index is 12.2. The summed E-state index contributed by atoms with van der Waals surface area (Å²) in [7, 11) is 1.55. The van der Waals surface area contributed by atoms with Crippen molar-refractivity contribution < 1.29 is 4.74 Å². The summed E-state index contributed by atoms with van der Waals surface area (Å²) in [5.41, 5.74) is 2.91. The van der Waals surface area contributed by atoms with E-state index in [2.05, 4.69) is 22.0 Å². The average Bonchev–Trinajstić information content (AvgIpc) is 2.71. The van der Waals surface area contributed by atoms with Gasteiger partial charge >= 0.3 is 0 Å². The minimum atomic E-state index is -0.183. The molecule has 0 saturated heterocycles. The van der Waals surface area contributed by atoms with E-state index in [1.165, 1.54) is 10.5 Å². The second-order valence-corrected chi connectivity index (χ2v) is 5.03. The molecular formula is C21H28N4O2. The lowest BCUT2D eigenvalue weighted by molar-refractivity contribution is 0.416. The van der Waals surface area contributed by atoms with E-state index in [1.54, 1.807) is 25.4 Å². The van der Waals surface area contributed by atoms with Gasteiger partial charge in [-0.2, -0.15) is 0 Å². The van der Waals surface area contributed by atoms with Gasteiger partial charge in [-0.3, -0.25) is 14.2 Å². The predicted molar refractivity (Wildman–Crippen MR) is 114 cm³/mol. The third-order valence-electron chi connectivity index (χ3n) is 3.51. The van der Waals surface area contributed by atoms with E-state index in [0.717, 1.165) is 16.9 Å². The van der Waals surface area contributed by atoms with Crippen molar-refractivity contribution in [1.29, 1.82) is 0 Å². The summed E-state index contributed by atoms with van der Waals surface area (Å²) in [6, 6.07) is 10.6. The van der Waals surface area contributed by atoms with Crippen LogP contribution in [0.15, 0.2) is 52.4 Å². The molecule has 1 N–H and O–H groups in total. The summed E-state index contributed by atoms with van der Waals surface area (Å²) >= 11 is 0. The van der Waals surface area contributed by atoms with Crippen LogP contribution in [0.5, 0.6) is 5.75 Å². The zero-order chi connectivity index (χ0) is 20.4. The number of nitrogens with zero attached hydrogens (tertiary/aromatic N) is 3. The molecule has 6 heteroatoms. The maximum Gasteiger partial charge on any atom is 0.260 e. The minimum Gasteiger partial charge on any atom is -0.493 e. The quantitative estimate of drug-likeness (QED) is 0.648. The van der Waals surface area contributed by atoms with Crippen LogP contribution in [0.4, 0.5) is 17.2 Å². The molecule has 2 aromatic heterocycles. The highest BCUT2D eigenvalue weighted by atomic mass is 16.5. The molecule has 6 nitrogen and oxygen atoms in total. The topological polar surface area (TPSA) is 68.0 Å². The van der Waals surface area contributed by atoms with E-state index in [4.69, 9.17) is 4.74 Å². The smallest absolute Gasteiger partial charge is 0.260 e. The number of pyridine rings is 1. The number of ether oxygens (including phenoxy) is 1. The van der Waals surface area contributed by atoms with E-state index in [0.29, 0.717) is 17.2 Å². The van der Waals surface area contributed by atoms with Crippen molar-refractivity contribution in [2.24, 2.45) is 4.99 Å². The normalized spacial score (nSPS) is 9.41. The summed E-state index contributed by atoms with van der Waals surface area (Å²) in [6.07, 6.45) is 1.66. The highest BCUT2D eigenvalue weighted by Crippen LogP contribution is 2.24. The molecule has 0 aliphatic rings. The molecule has 0 atom stereocenters. The lowest BCUT2D eigenvalue weighted by Gasteiger charge is -2.10. The number of anilines is 2. The summed E-state index contributed by atoms with van der Waals surface area (Å²) < 4.78 is 6.71. The molecule has 0 unspecified atom stereocenters. The monoisotopic (exact) mass is 368 g/mol. The van der Waals surface area contributed by atoms with Gasteiger partial charge in [-0.15, -0.1) is 0 Å². The molecular weight excluding hydrogens is 340 g/mol. The Balaban J connectivity index is 0.000000855. The molecule has 27 heavy (non-hydrogen) atoms. The number of benzene rings is 1. The highest BCUT2D eigenvalue weighted by molar-refractivity contribution is 5.65. The Hall–Kier alpha value is -3.15. The number of nitrogens with one attached hydrogen (secondary N) is 1. The number of hydrogen-bond acceptors (Lipinski definition) is 5. The van der Waals surface area contributed by atoms with Gasteiger partial charge in [0, 0.05) is 18.0 Å². The van der Waals surface area contributed by atoms with Crippen LogP contribution in [-0.2, 0) is 0 Å². The molecule has 1 aromatic carbocycles. The molecule has 0 fully saturated rings. The van der Waals surface area contributed by atoms with Gasteiger partial charge in [0.25, 0.3) is 5.56 Å². The first-order valence-electron chi connectivity index (χ1n) is 9.03. The number of methoxy groups -OCH3 is 1. The molecule has 2 heterocycles. The number of fused-ring (bicyclic) bond motifs is 1. The Morgan fingerprint density at radius 1 is 1.15 bits per heavy atom. The van der Waals surface area contributed by atoms with Crippen molar-refractivity contribution in [3.05, 3.63) is 58.5 Å². The van der Waals surface area contributed by atoms with Gasteiger partial charge in [-0.1, -0.05) is 27.7 Å². The number of hydrogen-bond donors (Lipinski definition) is 1. The van der Waals surface area contributed by atoms with Gasteiger partial charge < -0.3 is 10.1 Å². The van der Waals surface area contributed by atoms with Gasteiger partial charge in [0.2, 0.25) is 0 Å². The van der Waals surface area contributed by atoms with Gasteiger partial charge in [0.1, 0.15) is 5.82 Å². The van der Waals surface area contributed by atoms with E-state index in [9.17, 15) is 4.79 Å². The van der Waals surface area contributed by atoms with Crippen molar-refractivity contribution in [2.75, 3.05) is 12.4 Å². The van der Waals surface area contributed by atoms with Crippen molar-refractivity contribution in [1.82, 2.24) is 9.38 Å². The third-order valence-corrected chi connectivity index (χ3v) is 3.51. The van der Waals surface area contributed by atoms with Crippen LogP contribution in [-0.4, -0.2) is 23.2 Å². The molecule has 0 spiro atoms. The summed E-state index contributed by atoms with van der Waals surface area (Å²) in [5, 5.41) is 3.14. The zero-order valence-corrected chi connectivity index (χ0v) is 16.9. The van der Waals surface area contributed by atoms with Crippen LogP contribution >= 0.6 is 0 Å². The Kier molecular flexibility index (Phi) is 8.72. The lowest BCUT2D eigenvalue weighted by atomic mass is 10.2. The van der Waals surface area contributed by atoms with Crippen molar-refractivity contribution >= 4 is 29.6 Å². The van der Waals surface area contributed by atoms with Crippen LogP contribution in [0.3, 0.4) is 0 Å². The molecule has 0 radical (unpaired) electrons. The second-order valence-electron chi connectivity index (χ2n) is 5.03. The molecule has 3 rings (SSSR count). The van der Waals surface area contributed by atoms with E-state index in [-0.39, 0.29) is 5.56 Å². The fourth-order valence-corrected chi connectivity index (χ4v) is 2.38. The molecule has 0 saturated carbocycles. The van der Waals surface area contributed by atoms with Crippen LogP contribution in [0.25, 0.3) is 5.65 Å². The van der Waals surface area contributed by atoms with Gasteiger partial charge in [0.05, 0.1) is 12.8 Å². The number of rotatable bonds is 4. The van der Waals surface area contributed by atoms with Crippen LogP contribution in [0.1, 0.15) is 33.3 Å².